The Morgan fingerprint density at radius 2 is 2.05 bits per heavy atom. The predicted molar refractivity (Wildman–Crippen MR) is 90.3 cm³/mol. The van der Waals surface area contributed by atoms with E-state index in [-0.39, 0.29) is 5.91 Å². The van der Waals surface area contributed by atoms with Crippen molar-refractivity contribution in [2.24, 2.45) is 0 Å². The molecule has 2 nitrogen and oxygen atoms in total. The number of hydrogen-bond acceptors (Lipinski definition) is 3. The number of carbonyl (C=O) groups is 1. The van der Waals surface area contributed by atoms with Gasteiger partial charge in [0.1, 0.15) is 0 Å². The van der Waals surface area contributed by atoms with E-state index in [1.54, 1.807) is 46.9 Å². The number of benzene rings is 1. The molecular formula is C16H12ClNOS2. The summed E-state index contributed by atoms with van der Waals surface area (Å²) in [5.41, 5.74) is 3.01. The highest BCUT2D eigenvalue weighted by molar-refractivity contribution is 7.10. The summed E-state index contributed by atoms with van der Waals surface area (Å²) in [7, 11) is 0. The van der Waals surface area contributed by atoms with E-state index in [0.717, 1.165) is 4.88 Å². The van der Waals surface area contributed by atoms with E-state index in [0.29, 0.717) is 17.1 Å². The normalized spacial score (nSPS) is 10.5. The van der Waals surface area contributed by atoms with E-state index in [1.165, 1.54) is 11.1 Å². The van der Waals surface area contributed by atoms with Gasteiger partial charge in [0.05, 0.1) is 6.54 Å². The Labute approximate surface area is 136 Å². The van der Waals surface area contributed by atoms with Gasteiger partial charge in [-0.3, -0.25) is 4.79 Å². The third kappa shape index (κ3) is 3.53. The van der Waals surface area contributed by atoms with Crippen LogP contribution >= 0.6 is 34.3 Å². The summed E-state index contributed by atoms with van der Waals surface area (Å²) in [4.78, 5) is 13.2. The maximum Gasteiger partial charge on any atom is 0.251 e. The molecule has 0 bridgehead atoms. The minimum atomic E-state index is -0.108. The van der Waals surface area contributed by atoms with Crippen molar-refractivity contribution in [3.8, 4) is 11.1 Å². The highest BCUT2D eigenvalue weighted by Crippen LogP contribution is 2.27. The molecule has 1 amide bonds. The number of carbonyl (C=O) groups excluding carboxylic acids is 1. The largest absolute Gasteiger partial charge is 0.347 e. The summed E-state index contributed by atoms with van der Waals surface area (Å²) in [5, 5.41) is 9.78. The Morgan fingerprint density at radius 3 is 2.81 bits per heavy atom. The van der Waals surface area contributed by atoms with E-state index in [2.05, 4.69) is 33.6 Å². The Balaban J connectivity index is 1.64. The van der Waals surface area contributed by atoms with Gasteiger partial charge in [-0.25, -0.2) is 0 Å². The number of nitrogens with one attached hydrogen (secondary N) is 1. The molecule has 1 N–H and O–H groups in total. The van der Waals surface area contributed by atoms with Crippen LogP contribution in [0, 0.1) is 0 Å². The molecule has 0 radical (unpaired) electrons. The molecule has 0 fully saturated rings. The molecule has 0 saturated heterocycles. The van der Waals surface area contributed by atoms with Gasteiger partial charge in [0.25, 0.3) is 5.91 Å². The molecule has 0 aliphatic heterocycles. The Kier molecular flexibility index (Phi) is 4.39. The third-order valence-electron chi connectivity index (χ3n) is 3.02. The molecule has 0 spiro atoms. The van der Waals surface area contributed by atoms with E-state index < -0.39 is 0 Å². The van der Waals surface area contributed by atoms with Gasteiger partial charge >= 0.3 is 0 Å². The lowest BCUT2D eigenvalue weighted by Gasteiger charge is -2.03. The monoisotopic (exact) mass is 333 g/mol. The summed E-state index contributed by atoms with van der Waals surface area (Å²) >= 11 is 9.22. The van der Waals surface area contributed by atoms with Crippen molar-refractivity contribution < 1.29 is 4.79 Å². The number of hydrogen-bond donors (Lipinski definition) is 1. The van der Waals surface area contributed by atoms with Crippen LogP contribution in [0.1, 0.15) is 15.2 Å². The van der Waals surface area contributed by atoms with Crippen LogP contribution < -0.4 is 5.32 Å². The van der Waals surface area contributed by atoms with E-state index in [9.17, 15) is 4.79 Å². The molecule has 0 unspecified atom stereocenters. The number of rotatable bonds is 4. The van der Waals surface area contributed by atoms with Crippen molar-refractivity contribution in [2.45, 2.75) is 6.54 Å². The number of amides is 1. The first kappa shape index (κ1) is 14.3. The van der Waals surface area contributed by atoms with Crippen molar-refractivity contribution in [1.29, 1.82) is 0 Å². The standard InChI is InChI=1S/C16H12ClNOS2/c17-14-3-1-2-11(6-14)16(19)18-8-15-7-13(10-21-15)12-4-5-20-9-12/h1-7,9-10H,8H2,(H,18,19). The first-order valence-electron chi connectivity index (χ1n) is 6.36. The van der Waals surface area contributed by atoms with Crippen molar-refractivity contribution in [1.82, 2.24) is 5.32 Å². The van der Waals surface area contributed by atoms with Crippen molar-refractivity contribution >= 4 is 40.2 Å². The predicted octanol–water partition coefficient (Wildman–Crippen LogP) is 5.06. The molecule has 2 aromatic heterocycles. The fourth-order valence-corrected chi connectivity index (χ4v) is 3.64. The molecule has 5 heteroatoms. The summed E-state index contributed by atoms with van der Waals surface area (Å²) in [6.45, 7) is 0.528. The van der Waals surface area contributed by atoms with Gasteiger partial charge in [0.15, 0.2) is 0 Å². The molecule has 21 heavy (non-hydrogen) atoms. The first-order chi connectivity index (χ1) is 10.2. The molecule has 3 rings (SSSR count). The summed E-state index contributed by atoms with van der Waals surface area (Å²) in [6, 6.07) is 11.2. The van der Waals surface area contributed by atoms with Crippen molar-refractivity contribution in [3.63, 3.8) is 0 Å². The van der Waals surface area contributed by atoms with E-state index in [1.807, 2.05) is 0 Å². The van der Waals surface area contributed by atoms with Crippen LogP contribution in [0.2, 0.25) is 5.02 Å². The second-order valence-electron chi connectivity index (χ2n) is 4.51. The van der Waals surface area contributed by atoms with Gasteiger partial charge in [-0.15, -0.1) is 11.3 Å². The zero-order valence-electron chi connectivity index (χ0n) is 11.0. The Morgan fingerprint density at radius 1 is 1.14 bits per heavy atom. The lowest BCUT2D eigenvalue weighted by molar-refractivity contribution is 0.0951. The maximum absolute atomic E-state index is 12.0. The fraction of sp³-hybridized carbons (Fsp3) is 0.0625. The van der Waals surface area contributed by atoms with Crippen LogP contribution in [0.25, 0.3) is 11.1 Å². The molecule has 0 atom stereocenters. The average molecular weight is 334 g/mol. The quantitative estimate of drug-likeness (QED) is 0.710. The highest BCUT2D eigenvalue weighted by atomic mass is 35.5. The van der Waals surface area contributed by atoms with Crippen molar-refractivity contribution in [3.05, 3.63) is 68.0 Å². The van der Waals surface area contributed by atoms with Crippen molar-refractivity contribution in [2.75, 3.05) is 0 Å². The van der Waals surface area contributed by atoms with Crippen LogP contribution in [0.5, 0.6) is 0 Å². The second-order valence-corrected chi connectivity index (χ2v) is 6.72. The minimum Gasteiger partial charge on any atom is -0.347 e. The zero-order chi connectivity index (χ0) is 14.7. The van der Waals surface area contributed by atoms with Crippen LogP contribution in [0.4, 0.5) is 0 Å². The number of thiophene rings is 2. The van der Waals surface area contributed by atoms with Gasteiger partial charge in [-0.05, 0) is 57.6 Å². The lowest BCUT2D eigenvalue weighted by Crippen LogP contribution is -2.22. The van der Waals surface area contributed by atoms with Crippen LogP contribution in [0.3, 0.4) is 0 Å². The molecule has 0 aliphatic carbocycles. The topological polar surface area (TPSA) is 29.1 Å². The van der Waals surface area contributed by atoms with Gasteiger partial charge < -0.3 is 5.32 Å². The molecule has 0 saturated carbocycles. The second kappa shape index (κ2) is 6.43. The fourth-order valence-electron chi connectivity index (χ4n) is 1.95. The molecule has 0 aliphatic rings. The Bertz CT molecular complexity index is 749. The van der Waals surface area contributed by atoms with Gasteiger partial charge in [-0.1, -0.05) is 17.7 Å². The Hall–Kier alpha value is -1.62. The van der Waals surface area contributed by atoms with Crippen LogP contribution in [-0.2, 0) is 6.54 Å². The van der Waals surface area contributed by atoms with Gasteiger partial charge in [-0.2, -0.15) is 11.3 Å². The molecular weight excluding hydrogens is 322 g/mol. The smallest absolute Gasteiger partial charge is 0.251 e. The molecule has 3 aromatic rings. The lowest BCUT2D eigenvalue weighted by atomic mass is 10.2. The zero-order valence-corrected chi connectivity index (χ0v) is 13.4. The summed E-state index contributed by atoms with van der Waals surface area (Å²) < 4.78 is 0. The minimum absolute atomic E-state index is 0.108. The van der Waals surface area contributed by atoms with Gasteiger partial charge in [0.2, 0.25) is 0 Å². The molecule has 1 aromatic carbocycles. The van der Waals surface area contributed by atoms with Gasteiger partial charge in [0, 0.05) is 15.5 Å². The van der Waals surface area contributed by atoms with E-state index in [4.69, 9.17) is 11.6 Å². The highest BCUT2D eigenvalue weighted by Gasteiger charge is 2.07. The molecule has 106 valence electrons. The average Bonchev–Trinajstić information content (AvgIpc) is 3.15. The van der Waals surface area contributed by atoms with E-state index >= 15 is 0 Å². The van der Waals surface area contributed by atoms with Crippen LogP contribution in [0.15, 0.2) is 52.5 Å². The first-order valence-corrected chi connectivity index (χ1v) is 8.56. The SMILES string of the molecule is O=C(NCc1cc(-c2ccsc2)cs1)c1cccc(Cl)c1. The summed E-state index contributed by atoms with van der Waals surface area (Å²) in [6.07, 6.45) is 0. The maximum atomic E-state index is 12.0. The number of halogens is 1. The van der Waals surface area contributed by atoms with Crippen LogP contribution in [-0.4, -0.2) is 5.91 Å². The third-order valence-corrected chi connectivity index (χ3v) is 4.87. The summed E-state index contributed by atoms with van der Waals surface area (Å²) in [5.74, 6) is -0.108. The molecule has 2 heterocycles.